The van der Waals surface area contributed by atoms with E-state index in [9.17, 15) is 0 Å². The van der Waals surface area contributed by atoms with E-state index >= 15 is 0 Å². The standard InChI is InChI=1S/C18H27N5O/c1-18(2,3)17-20-14(12-24-4)11-16(21-17)23-9-6-13(7-10-23)15-5-8-19-22-15/h5,8,11,13H,6-7,9-10,12H2,1-4H3,(H,19,22). The second kappa shape index (κ2) is 6.89. The first-order valence-electron chi connectivity index (χ1n) is 8.59. The molecule has 3 rings (SSSR count). The molecule has 0 unspecified atom stereocenters. The van der Waals surface area contributed by atoms with Crippen LogP contribution in [-0.4, -0.2) is 40.4 Å². The molecular weight excluding hydrogens is 302 g/mol. The van der Waals surface area contributed by atoms with Crippen molar-refractivity contribution in [2.45, 2.75) is 51.6 Å². The zero-order valence-electron chi connectivity index (χ0n) is 15.0. The normalized spacial score (nSPS) is 16.6. The summed E-state index contributed by atoms with van der Waals surface area (Å²) in [6.45, 7) is 8.95. The average Bonchev–Trinajstić information content (AvgIpc) is 3.09. The van der Waals surface area contributed by atoms with Gasteiger partial charge in [0.05, 0.1) is 12.3 Å². The van der Waals surface area contributed by atoms with Gasteiger partial charge in [0.15, 0.2) is 0 Å². The minimum Gasteiger partial charge on any atom is -0.378 e. The van der Waals surface area contributed by atoms with E-state index in [1.807, 2.05) is 6.20 Å². The lowest BCUT2D eigenvalue weighted by molar-refractivity contribution is 0.181. The third kappa shape index (κ3) is 3.75. The molecule has 2 aromatic heterocycles. The largest absolute Gasteiger partial charge is 0.378 e. The van der Waals surface area contributed by atoms with Crippen molar-refractivity contribution in [2.24, 2.45) is 0 Å². The molecule has 3 heterocycles. The van der Waals surface area contributed by atoms with Crippen molar-refractivity contribution < 1.29 is 4.74 Å². The van der Waals surface area contributed by atoms with Crippen molar-refractivity contribution >= 4 is 5.82 Å². The summed E-state index contributed by atoms with van der Waals surface area (Å²) in [5.74, 6) is 2.46. The quantitative estimate of drug-likeness (QED) is 0.934. The molecule has 1 aliphatic rings. The highest BCUT2D eigenvalue weighted by Crippen LogP contribution is 2.30. The smallest absolute Gasteiger partial charge is 0.136 e. The van der Waals surface area contributed by atoms with Crippen molar-refractivity contribution in [1.82, 2.24) is 20.2 Å². The summed E-state index contributed by atoms with van der Waals surface area (Å²) in [6, 6.07) is 4.15. The van der Waals surface area contributed by atoms with E-state index in [1.54, 1.807) is 7.11 Å². The van der Waals surface area contributed by atoms with Gasteiger partial charge in [-0.3, -0.25) is 5.10 Å². The molecule has 2 aromatic rings. The zero-order chi connectivity index (χ0) is 17.2. The molecular formula is C18H27N5O. The van der Waals surface area contributed by atoms with Gasteiger partial charge >= 0.3 is 0 Å². The fourth-order valence-electron chi connectivity index (χ4n) is 3.12. The Hall–Kier alpha value is -1.95. The molecule has 0 aliphatic carbocycles. The summed E-state index contributed by atoms with van der Waals surface area (Å²) in [5.41, 5.74) is 2.11. The first kappa shape index (κ1) is 16.9. The summed E-state index contributed by atoms with van der Waals surface area (Å²) in [4.78, 5) is 11.9. The minimum absolute atomic E-state index is 0.0766. The molecule has 1 aliphatic heterocycles. The van der Waals surface area contributed by atoms with Gasteiger partial charge in [0.2, 0.25) is 0 Å². The van der Waals surface area contributed by atoms with Crippen molar-refractivity contribution in [1.29, 1.82) is 0 Å². The SMILES string of the molecule is COCc1cc(N2CCC(c3ccn[nH]3)CC2)nc(C(C)(C)C)n1. The van der Waals surface area contributed by atoms with Crippen LogP contribution in [0.15, 0.2) is 18.3 Å². The predicted molar refractivity (Wildman–Crippen MR) is 94.2 cm³/mol. The maximum absolute atomic E-state index is 5.28. The van der Waals surface area contributed by atoms with Gasteiger partial charge in [0.1, 0.15) is 11.6 Å². The third-order valence-electron chi connectivity index (χ3n) is 4.51. The Morgan fingerprint density at radius 2 is 2.00 bits per heavy atom. The average molecular weight is 329 g/mol. The number of rotatable bonds is 4. The van der Waals surface area contributed by atoms with Crippen LogP contribution >= 0.6 is 0 Å². The highest BCUT2D eigenvalue weighted by molar-refractivity contribution is 5.41. The van der Waals surface area contributed by atoms with Gasteiger partial charge in [0.25, 0.3) is 0 Å². The van der Waals surface area contributed by atoms with E-state index in [4.69, 9.17) is 9.72 Å². The van der Waals surface area contributed by atoms with Crippen molar-refractivity contribution in [3.05, 3.63) is 35.5 Å². The topological polar surface area (TPSA) is 66.9 Å². The molecule has 0 saturated carbocycles. The van der Waals surface area contributed by atoms with E-state index in [1.165, 1.54) is 5.69 Å². The van der Waals surface area contributed by atoms with Gasteiger partial charge in [-0.2, -0.15) is 5.10 Å². The fraction of sp³-hybridized carbons (Fsp3) is 0.611. The molecule has 1 fully saturated rings. The van der Waals surface area contributed by atoms with Crippen LogP contribution in [0.2, 0.25) is 0 Å². The maximum atomic E-state index is 5.28. The molecule has 0 bridgehead atoms. The second-order valence-electron chi connectivity index (χ2n) is 7.50. The number of aromatic amines is 1. The Bertz CT molecular complexity index is 655. The van der Waals surface area contributed by atoms with Crippen molar-refractivity contribution in [2.75, 3.05) is 25.1 Å². The molecule has 24 heavy (non-hydrogen) atoms. The summed E-state index contributed by atoms with van der Waals surface area (Å²) < 4.78 is 5.28. The second-order valence-corrected chi connectivity index (χ2v) is 7.50. The summed E-state index contributed by atoms with van der Waals surface area (Å²) in [7, 11) is 1.70. The summed E-state index contributed by atoms with van der Waals surface area (Å²) >= 11 is 0. The first-order chi connectivity index (χ1) is 11.5. The Kier molecular flexibility index (Phi) is 4.85. The Labute approximate surface area is 143 Å². The highest BCUT2D eigenvalue weighted by atomic mass is 16.5. The molecule has 0 atom stereocenters. The van der Waals surface area contributed by atoms with Crippen LogP contribution in [0.5, 0.6) is 0 Å². The summed E-state index contributed by atoms with van der Waals surface area (Å²) in [5, 5.41) is 7.18. The number of H-pyrrole nitrogens is 1. The van der Waals surface area contributed by atoms with Gasteiger partial charge < -0.3 is 9.64 Å². The minimum atomic E-state index is -0.0766. The molecule has 0 spiro atoms. The van der Waals surface area contributed by atoms with E-state index < -0.39 is 0 Å². The van der Waals surface area contributed by atoms with Crippen LogP contribution in [-0.2, 0) is 16.8 Å². The number of hydrogen-bond acceptors (Lipinski definition) is 5. The number of nitrogens with zero attached hydrogens (tertiary/aromatic N) is 4. The molecule has 1 N–H and O–H groups in total. The lowest BCUT2D eigenvalue weighted by Gasteiger charge is -2.33. The van der Waals surface area contributed by atoms with Crippen LogP contribution in [0.25, 0.3) is 0 Å². The van der Waals surface area contributed by atoms with Crippen LogP contribution in [0.1, 0.15) is 56.7 Å². The monoisotopic (exact) mass is 329 g/mol. The van der Waals surface area contributed by atoms with Crippen LogP contribution in [0.3, 0.4) is 0 Å². The molecule has 6 heteroatoms. The van der Waals surface area contributed by atoms with E-state index in [-0.39, 0.29) is 5.41 Å². The number of piperidine rings is 1. The van der Waals surface area contributed by atoms with E-state index in [0.717, 1.165) is 43.3 Å². The molecule has 0 aromatic carbocycles. The predicted octanol–water partition coefficient (Wildman–Crippen LogP) is 3.03. The Morgan fingerprint density at radius 1 is 1.25 bits per heavy atom. The van der Waals surface area contributed by atoms with Crippen LogP contribution in [0.4, 0.5) is 5.82 Å². The first-order valence-corrected chi connectivity index (χ1v) is 8.59. The molecule has 1 saturated heterocycles. The number of anilines is 1. The van der Waals surface area contributed by atoms with Gasteiger partial charge in [0, 0.05) is 49.5 Å². The Morgan fingerprint density at radius 3 is 2.58 bits per heavy atom. The molecule has 0 radical (unpaired) electrons. The lowest BCUT2D eigenvalue weighted by atomic mass is 9.93. The number of hydrogen-bond donors (Lipinski definition) is 1. The fourth-order valence-corrected chi connectivity index (χ4v) is 3.12. The maximum Gasteiger partial charge on any atom is 0.136 e. The van der Waals surface area contributed by atoms with Gasteiger partial charge in [-0.1, -0.05) is 20.8 Å². The zero-order valence-corrected chi connectivity index (χ0v) is 15.0. The number of ether oxygens (including phenoxy) is 1. The van der Waals surface area contributed by atoms with E-state index in [0.29, 0.717) is 12.5 Å². The van der Waals surface area contributed by atoms with Gasteiger partial charge in [-0.15, -0.1) is 0 Å². The number of nitrogens with one attached hydrogen (secondary N) is 1. The Balaban J connectivity index is 1.78. The van der Waals surface area contributed by atoms with Crippen molar-refractivity contribution in [3.8, 4) is 0 Å². The van der Waals surface area contributed by atoms with Crippen LogP contribution < -0.4 is 4.90 Å². The summed E-state index contributed by atoms with van der Waals surface area (Å²) in [6.07, 6.45) is 4.05. The van der Waals surface area contributed by atoms with Gasteiger partial charge in [-0.25, -0.2) is 9.97 Å². The van der Waals surface area contributed by atoms with Crippen molar-refractivity contribution in [3.63, 3.8) is 0 Å². The molecule has 6 nitrogen and oxygen atoms in total. The molecule has 0 amide bonds. The van der Waals surface area contributed by atoms with Gasteiger partial charge in [-0.05, 0) is 18.9 Å². The highest BCUT2D eigenvalue weighted by Gasteiger charge is 2.25. The van der Waals surface area contributed by atoms with E-state index in [2.05, 4.69) is 53.0 Å². The molecule has 130 valence electrons. The van der Waals surface area contributed by atoms with Crippen LogP contribution in [0, 0.1) is 0 Å². The number of aromatic nitrogens is 4. The lowest BCUT2D eigenvalue weighted by Crippen LogP contribution is -2.34. The third-order valence-corrected chi connectivity index (χ3v) is 4.51. The number of methoxy groups -OCH3 is 1.